The highest BCUT2D eigenvalue weighted by Gasteiger charge is 2.21. The molecule has 0 radical (unpaired) electrons. The number of para-hydroxylation sites is 1. The Morgan fingerprint density at radius 2 is 2.11 bits per heavy atom. The monoisotopic (exact) mass is 382 g/mol. The van der Waals surface area contributed by atoms with Crippen molar-refractivity contribution in [3.63, 3.8) is 0 Å². The van der Waals surface area contributed by atoms with Gasteiger partial charge in [0.15, 0.2) is 0 Å². The van der Waals surface area contributed by atoms with E-state index in [0.29, 0.717) is 6.54 Å². The number of carbonyl (C=O) groups is 1. The molecule has 1 unspecified atom stereocenters. The van der Waals surface area contributed by atoms with Crippen molar-refractivity contribution < 1.29 is 14.6 Å². The van der Waals surface area contributed by atoms with Gasteiger partial charge in [0.25, 0.3) is 5.91 Å². The molecule has 28 heavy (non-hydrogen) atoms. The Morgan fingerprint density at radius 3 is 2.89 bits per heavy atom. The predicted octanol–water partition coefficient (Wildman–Crippen LogP) is 2.01. The Hall–Kier alpha value is -2.90. The van der Waals surface area contributed by atoms with Crippen LogP contribution in [0.1, 0.15) is 29.8 Å². The van der Waals surface area contributed by atoms with Crippen molar-refractivity contribution in [3.8, 4) is 5.88 Å². The lowest BCUT2D eigenvalue weighted by molar-refractivity contribution is 0.0921. The Kier molecular flexibility index (Phi) is 5.96. The molecule has 0 fully saturated rings. The lowest BCUT2D eigenvalue weighted by Crippen LogP contribution is -2.46. The van der Waals surface area contributed by atoms with Crippen LogP contribution < -0.4 is 15.8 Å². The zero-order valence-corrected chi connectivity index (χ0v) is 16.1. The van der Waals surface area contributed by atoms with Gasteiger partial charge in [-0.05, 0) is 44.0 Å². The summed E-state index contributed by atoms with van der Waals surface area (Å²) in [6.07, 6.45) is 3.58. The standard InChI is InChI=1S/C21H26N4O3/c1-21(2,10-14-11-24-18-8-4-3-6-16(14)18)25-12-15(26)13-28-20-17(19(22)27)7-5-9-23-20/h3-9,11,15,24-26H,10,12-13H2,1-2H3,(H2,22,27). The lowest BCUT2D eigenvalue weighted by atomic mass is 9.94. The van der Waals surface area contributed by atoms with Crippen molar-refractivity contribution in [3.05, 3.63) is 59.9 Å². The summed E-state index contributed by atoms with van der Waals surface area (Å²) < 4.78 is 5.48. The molecule has 3 rings (SSSR count). The van der Waals surface area contributed by atoms with E-state index in [2.05, 4.69) is 41.3 Å². The molecule has 5 N–H and O–H groups in total. The van der Waals surface area contributed by atoms with E-state index in [4.69, 9.17) is 10.5 Å². The third kappa shape index (κ3) is 4.88. The molecular formula is C21H26N4O3. The number of hydrogen-bond donors (Lipinski definition) is 4. The van der Waals surface area contributed by atoms with Crippen LogP contribution in [-0.2, 0) is 6.42 Å². The first-order chi connectivity index (χ1) is 13.4. The number of nitrogens with one attached hydrogen (secondary N) is 2. The maximum absolute atomic E-state index is 11.4. The zero-order chi connectivity index (χ0) is 20.1. The molecule has 0 saturated heterocycles. The largest absolute Gasteiger partial charge is 0.474 e. The molecule has 3 aromatic rings. The van der Waals surface area contributed by atoms with Gasteiger partial charge in [0.2, 0.25) is 5.88 Å². The lowest BCUT2D eigenvalue weighted by Gasteiger charge is -2.28. The summed E-state index contributed by atoms with van der Waals surface area (Å²) in [4.78, 5) is 18.7. The van der Waals surface area contributed by atoms with E-state index in [-0.39, 0.29) is 23.6 Å². The van der Waals surface area contributed by atoms with Gasteiger partial charge in [-0.2, -0.15) is 0 Å². The van der Waals surface area contributed by atoms with Gasteiger partial charge in [0.1, 0.15) is 18.3 Å². The highest BCUT2D eigenvalue weighted by molar-refractivity contribution is 5.94. The quantitative estimate of drug-likeness (QED) is 0.452. The minimum atomic E-state index is -0.759. The van der Waals surface area contributed by atoms with E-state index in [1.54, 1.807) is 12.1 Å². The molecule has 0 bridgehead atoms. The third-order valence-corrected chi connectivity index (χ3v) is 4.57. The molecule has 0 aliphatic rings. The van der Waals surface area contributed by atoms with Crippen molar-refractivity contribution in [2.75, 3.05) is 13.2 Å². The number of H-pyrrole nitrogens is 1. The minimum Gasteiger partial charge on any atom is -0.474 e. The van der Waals surface area contributed by atoms with Crippen LogP contribution >= 0.6 is 0 Å². The normalized spacial score (nSPS) is 12.8. The summed E-state index contributed by atoms with van der Waals surface area (Å²) in [5.41, 5.74) is 7.61. The van der Waals surface area contributed by atoms with Gasteiger partial charge in [0.05, 0.1) is 0 Å². The first-order valence-electron chi connectivity index (χ1n) is 9.21. The smallest absolute Gasteiger partial charge is 0.254 e. The Balaban J connectivity index is 1.53. The highest BCUT2D eigenvalue weighted by atomic mass is 16.5. The van der Waals surface area contributed by atoms with E-state index >= 15 is 0 Å². The zero-order valence-electron chi connectivity index (χ0n) is 16.1. The van der Waals surface area contributed by atoms with E-state index in [9.17, 15) is 9.90 Å². The van der Waals surface area contributed by atoms with Crippen LogP contribution in [0.15, 0.2) is 48.8 Å². The number of fused-ring (bicyclic) bond motifs is 1. The fourth-order valence-corrected chi connectivity index (χ4v) is 3.14. The number of rotatable bonds is 9. The third-order valence-electron chi connectivity index (χ3n) is 4.57. The number of amides is 1. The molecular weight excluding hydrogens is 356 g/mol. The number of carbonyl (C=O) groups excluding carboxylic acids is 1. The number of aliphatic hydroxyl groups excluding tert-OH is 1. The van der Waals surface area contributed by atoms with Crippen LogP contribution in [0.4, 0.5) is 0 Å². The number of nitrogens with two attached hydrogens (primary N) is 1. The van der Waals surface area contributed by atoms with Gasteiger partial charge < -0.3 is 25.9 Å². The fourth-order valence-electron chi connectivity index (χ4n) is 3.14. The molecule has 1 amide bonds. The first kappa shape index (κ1) is 19.9. The van der Waals surface area contributed by atoms with Crippen molar-refractivity contribution in [2.24, 2.45) is 5.73 Å². The second kappa shape index (κ2) is 8.41. The molecule has 148 valence electrons. The molecule has 2 heterocycles. The second-order valence-electron chi connectivity index (χ2n) is 7.49. The van der Waals surface area contributed by atoms with E-state index in [1.807, 2.05) is 18.3 Å². The van der Waals surface area contributed by atoms with Crippen LogP contribution in [0.2, 0.25) is 0 Å². The van der Waals surface area contributed by atoms with Crippen LogP contribution in [0.3, 0.4) is 0 Å². The summed E-state index contributed by atoms with van der Waals surface area (Å²) in [6, 6.07) is 11.3. The van der Waals surface area contributed by atoms with Gasteiger partial charge in [0, 0.05) is 35.4 Å². The molecule has 0 aliphatic carbocycles. The number of aliphatic hydroxyl groups is 1. The Labute approximate surface area is 163 Å². The number of nitrogens with zero attached hydrogens (tertiary/aromatic N) is 1. The molecule has 0 saturated carbocycles. The number of aromatic nitrogens is 2. The topological polar surface area (TPSA) is 113 Å². The first-order valence-corrected chi connectivity index (χ1v) is 9.21. The predicted molar refractivity (Wildman–Crippen MR) is 108 cm³/mol. The van der Waals surface area contributed by atoms with Gasteiger partial charge in [-0.25, -0.2) is 4.98 Å². The molecule has 0 spiro atoms. The average molecular weight is 382 g/mol. The molecule has 7 nitrogen and oxygen atoms in total. The number of primary amides is 1. The van der Waals surface area contributed by atoms with Gasteiger partial charge in [-0.15, -0.1) is 0 Å². The van der Waals surface area contributed by atoms with Crippen molar-refractivity contribution in [1.29, 1.82) is 0 Å². The van der Waals surface area contributed by atoms with Crippen molar-refractivity contribution >= 4 is 16.8 Å². The average Bonchev–Trinajstić information content (AvgIpc) is 3.07. The number of aromatic amines is 1. The summed E-state index contributed by atoms with van der Waals surface area (Å²) in [6.45, 7) is 4.53. The van der Waals surface area contributed by atoms with Gasteiger partial charge >= 0.3 is 0 Å². The molecule has 0 aliphatic heterocycles. The number of benzene rings is 1. The van der Waals surface area contributed by atoms with Crippen molar-refractivity contribution in [1.82, 2.24) is 15.3 Å². The van der Waals surface area contributed by atoms with Gasteiger partial charge in [-0.3, -0.25) is 4.79 Å². The number of hydrogen-bond acceptors (Lipinski definition) is 5. The Morgan fingerprint density at radius 1 is 1.32 bits per heavy atom. The van der Waals surface area contributed by atoms with E-state index in [1.165, 1.54) is 17.1 Å². The molecule has 7 heteroatoms. The summed E-state index contributed by atoms with van der Waals surface area (Å²) in [7, 11) is 0. The maximum Gasteiger partial charge on any atom is 0.254 e. The number of pyridine rings is 1. The maximum atomic E-state index is 11.4. The summed E-state index contributed by atoms with van der Waals surface area (Å²) in [5, 5.41) is 14.8. The highest BCUT2D eigenvalue weighted by Crippen LogP contribution is 2.22. The molecule has 2 aromatic heterocycles. The summed E-state index contributed by atoms with van der Waals surface area (Å²) >= 11 is 0. The second-order valence-corrected chi connectivity index (χ2v) is 7.49. The van der Waals surface area contributed by atoms with Crippen molar-refractivity contribution in [2.45, 2.75) is 31.9 Å². The summed E-state index contributed by atoms with van der Waals surface area (Å²) in [5.74, 6) is -0.484. The van der Waals surface area contributed by atoms with E-state index in [0.717, 1.165) is 11.9 Å². The van der Waals surface area contributed by atoms with E-state index < -0.39 is 12.0 Å². The van der Waals surface area contributed by atoms with Crippen LogP contribution in [0.25, 0.3) is 10.9 Å². The molecule has 1 aromatic carbocycles. The number of ether oxygens (including phenoxy) is 1. The fraction of sp³-hybridized carbons (Fsp3) is 0.333. The van der Waals surface area contributed by atoms with Crippen LogP contribution in [-0.4, -0.2) is 45.8 Å². The molecule has 1 atom stereocenters. The number of β-amino-alcohol motifs (C(OH)–C–C–N with tert-alkyl or cyclic N) is 1. The Bertz CT molecular complexity index is 951. The van der Waals surface area contributed by atoms with Crippen LogP contribution in [0.5, 0.6) is 5.88 Å². The van der Waals surface area contributed by atoms with Gasteiger partial charge in [-0.1, -0.05) is 18.2 Å². The SMILES string of the molecule is CC(C)(Cc1c[nH]c2ccccc12)NCC(O)COc1ncccc1C(N)=O. The van der Waals surface area contributed by atoms with Crippen LogP contribution in [0, 0.1) is 0 Å². The minimum absolute atomic E-state index is 0.00740.